The van der Waals surface area contributed by atoms with Gasteiger partial charge in [-0.25, -0.2) is 5.43 Å². The minimum atomic E-state index is -0.230. The van der Waals surface area contributed by atoms with Crippen molar-refractivity contribution in [2.45, 2.75) is 12.8 Å². The van der Waals surface area contributed by atoms with Gasteiger partial charge in [0.15, 0.2) is 0 Å². The molecule has 0 fully saturated rings. The minimum Gasteiger partial charge on any atom is -0.323 e. The van der Waals surface area contributed by atoms with E-state index in [-0.39, 0.29) is 5.91 Å². The molecular weight excluding hydrogens is 346 g/mol. The summed E-state index contributed by atoms with van der Waals surface area (Å²) < 4.78 is 1.92. The molecule has 3 aromatic carbocycles. The van der Waals surface area contributed by atoms with Crippen LogP contribution in [0.25, 0.3) is 16.5 Å². The zero-order valence-corrected chi connectivity index (χ0v) is 15.3. The number of hydrogen-bond acceptors (Lipinski definition) is 2. The van der Waals surface area contributed by atoms with Crippen LogP contribution >= 0.6 is 0 Å². The third kappa shape index (κ3) is 2.79. The Labute approximate surface area is 163 Å². The molecule has 0 saturated carbocycles. The topological polar surface area (TPSA) is 46.4 Å². The number of carbonyl (C=O) groups excluding carboxylic acids is 1. The number of aromatic nitrogens is 1. The van der Waals surface area contributed by atoms with Crippen LogP contribution in [-0.2, 0) is 12.8 Å². The van der Waals surface area contributed by atoms with Crippen molar-refractivity contribution in [1.29, 1.82) is 0 Å². The molecule has 4 heteroatoms. The molecule has 1 aliphatic carbocycles. The lowest BCUT2D eigenvalue weighted by Gasteiger charge is -2.09. The fourth-order valence-corrected chi connectivity index (χ4v) is 3.99. The van der Waals surface area contributed by atoms with Crippen LogP contribution in [0, 0.1) is 0 Å². The highest BCUT2D eigenvalue weighted by Gasteiger charge is 2.15. The summed E-state index contributed by atoms with van der Waals surface area (Å²) in [5, 5.41) is 6.77. The molecule has 1 aliphatic rings. The highest BCUT2D eigenvalue weighted by molar-refractivity contribution is 6.04. The fraction of sp³-hybridized carbons (Fsp3) is 0.0833. The Bertz CT molecular complexity index is 1200. The number of hydrazone groups is 1. The van der Waals surface area contributed by atoms with Crippen LogP contribution in [0.3, 0.4) is 0 Å². The number of benzene rings is 3. The molecule has 0 saturated heterocycles. The van der Waals surface area contributed by atoms with E-state index in [4.69, 9.17) is 0 Å². The molecule has 0 unspecified atom stereocenters. The highest BCUT2D eigenvalue weighted by atomic mass is 16.2. The molecule has 5 rings (SSSR count). The van der Waals surface area contributed by atoms with Gasteiger partial charge in [0.25, 0.3) is 5.91 Å². The van der Waals surface area contributed by atoms with Crippen molar-refractivity contribution < 1.29 is 4.79 Å². The Morgan fingerprint density at radius 2 is 1.68 bits per heavy atom. The molecule has 1 amide bonds. The molecule has 4 aromatic rings. The summed E-state index contributed by atoms with van der Waals surface area (Å²) in [7, 11) is 0. The number of amides is 1. The van der Waals surface area contributed by atoms with Gasteiger partial charge >= 0.3 is 0 Å². The van der Waals surface area contributed by atoms with Crippen molar-refractivity contribution in [3.63, 3.8) is 0 Å². The maximum atomic E-state index is 12.7. The van der Waals surface area contributed by atoms with E-state index in [9.17, 15) is 4.79 Å². The van der Waals surface area contributed by atoms with E-state index >= 15 is 0 Å². The van der Waals surface area contributed by atoms with E-state index in [1.807, 2.05) is 47.3 Å². The van der Waals surface area contributed by atoms with Crippen LogP contribution in [0.2, 0.25) is 0 Å². The first-order valence-electron chi connectivity index (χ1n) is 9.40. The van der Waals surface area contributed by atoms with Crippen LogP contribution in [0.5, 0.6) is 0 Å². The monoisotopic (exact) mass is 365 g/mol. The summed E-state index contributed by atoms with van der Waals surface area (Å²) in [5.41, 5.74) is 7.89. The molecule has 28 heavy (non-hydrogen) atoms. The van der Waals surface area contributed by atoms with Crippen molar-refractivity contribution in [3.8, 4) is 5.69 Å². The molecule has 1 N–H and O–H groups in total. The highest BCUT2D eigenvalue weighted by Crippen LogP contribution is 2.32. The van der Waals surface area contributed by atoms with Crippen LogP contribution in [0.4, 0.5) is 0 Å². The van der Waals surface area contributed by atoms with Crippen LogP contribution in [0.15, 0.2) is 84.2 Å². The maximum Gasteiger partial charge on any atom is 0.273 e. The molecule has 0 radical (unpaired) electrons. The smallest absolute Gasteiger partial charge is 0.273 e. The van der Waals surface area contributed by atoms with Crippen LogP contribution < -0.4 is 5.43 Å². The molecule has 0 atom stereocenters. The van der Waals surface area contributed by atoms with Crippen LogP contribution in [0.1, 0.15) is 27.0 Å². The van der Waals surface area contributed by atoms with Gasteiger partial charge in [0.2, 0.25) is 0 Å². The molecule has 1 aromatic heterocycles. The summed E-state index contributed by atoms with van der Waals surface area (Å²) in [5.74, 6) is -0.230. The van der Waals surface area contributed by atoms with Crippen molar-refractivity contribution in [3.05, 3.63) is 101 Å². The molecule has 0 spiro atoms. The number of nitrogens with one attached hydrogen (secondary N) is 1. The molecule has 136 valence electrons. The van der Waals surface area contributed by atoms with Crippen molar-refractivity contribution in [2.24, 2.45) is 5.10 Å². The first-order chi connectivity index (χ1) is 13.8. The summed E-state index contributed by atoms with van der Waals surface area (Å²) in [4.78, 5) is 12.7. The number of para-hydroxylation sites is 1. The number of nitrogens with zero attached hydrogens (tertiary/aromatic N) is 2. The van der Waals surface area contributed by atoms with Gasteiger partial charge < -0.3 is 4.57 Å². The largest absolute Gasteiger partial charge is 0.323 e. The Hall–Kier alpha value is -3.66. The first-order valence-corrected chi connectivity index (χ1v) is 9.40. The average Bonchev–Trinajstić information content (AvgIpc) is 3.41. The third-order valence-corrected chi connectivity index (χ3v) is 5.31. The van der Waals surface area contributed by atoms with Gasteiger partial charge in [0.05, 0.1) is 17.5 Å². The molecule has 0 bridgehead atoms. The van der Waals surface area contributed by atoms with Gasteiger partial charge in [0.1, 0.15) is 0 Å². The average molecular weight is 365 g/mol. The van der Waals surface area contributed by atoms with Crippen molar-refractivity contribution in [2.75, 3.05) is 0 Å². The van der Waals surface area contributed by atoms with E-state index < -0.39 is 0 Å². The lowest BCUT2D eigenvalue weighted by molar-refractivity contribution is 0.0955. The van der Waals surface area contributed by atoms with Gasteiger partial charge in [-0.15, -0.1) is 0 Å². The fourth-order valence-electron chi connectivity index (χ4n) is 3.99. The Balaban J connectivity index is 1.42. The summed E-state index contributed by atoms with van der Waals surface area (Å²) >= 11 is 0. The summed E-state index contributed by atoms with van der Waals surface area (Å²) in [6.45, 7) is 0. The van der Waals surface area contributed by atoms with Crippen molar-refractivity contribution in [1.82, 2.24) is 9.99 Å². The summed E-state index contributed by atoms with van der Waals surface area (Å²) in [6.07, 6.45) is 7.77. The normalized spacial score (nSPS) is 12.7. The Morgan fingerprint density at radius 3 is 2.54 bits per heavy atom. The zero-order valence-electron chi connectivity index (χ0n) is 15.3. The number of rotatable bonds is 4. The number of carbonyl (C=O) groups is 1. The van der Waals surface area contributed by atoms with Gasteiger partial charge in [-0.05, 0) is 59.0 Å². The van der Waals surface area contributed by atoms with Gasteiger partial charge in [-0.2, -0.15) is 5.10 Å². The second-order valence-electron chi connectivity index (χ2n) is 6.96. The first kappa shape index (κ1) is 16.5. The quantitative estimate of drug-likeness (QED) is 0.420. The SMILES string of the molecule is O=C(N/N=C\c1ccc2c3c(cccc13)CC2)c1ccccc1-n1cccc1. The van der Waals surface area contributed by atoms with Gasteiger partial charge in [-0.3, -0.25) is 4.79 Å². The minimum absolute atomic E-state index is 0.230. The Kier molecular flexibility index (Phi) is 4.02. The standard InChI is InChI=1S/C24H19N3O/c28-24(21-7-1-2-9-22(21)27-14-3-4-15-27)26-25-16-19-13-12-18-11-10-17-6-5-8-20(19)23(17)18/h1-9,12-16H,10-11H2,(H,26,28)/b25-16-. The van der Waals surface area contributed by atoms with E-state index in [0.29, 0.717) is 5.56 Å². The maximum absolute atomic E-state index is 12.7. The molecule has 0 aliphatic heterocycles. The van der Waals surface area contributed by atoms with Gasteiger partial charge in [0, 0.05) is 18.0 Å². The van der Waals surface area contributed by atoms with E-state index in [1.165, 1.54) is 21.9 Å². The lowest BCUT2D eigenvalue weighted by atomic mass is 10.0. The summed E-state index contributed by atoms with van der Waals surface area (Å²) in [6, 6.07) is 22.0. The number of aryl methyl sites for hydroxylation is 2. The van der Waals surface area contributed by atoms with Crippen molar-refractivity contribution >= 4 is 22.9 Å². The second-order valence-corrected chi connectivity index (χ2v) is 6.96. The third-order valence-electron chi connectivity index (χ3n) is 5.31. The number of hydrogen-bond donors (Lipinski definition) is 1. The van der Waals surface area contributed by atoms with Gasteiger partial charge in [-0.1, -0.05) is 42.5 Å². The predicted octanol–water partition coefficient (Wildman–Crippen LogP) is 4.49. The van der Waals surface area contributed by atoms with E-state index in [2.05, 4.69) is 40.9 Å². The van der Waals surface area contributed by atoms with Crippen LogP contribution in [-0.4, -0.2) is 16.7 Å². The molecular formula is C24H19N3O. The second kappa shape index (κ2) is 6.82. The zero-order chi connectivity index (χ0) is 18.9. The molecule has 1 heterocycles. The van der Waals surface area contributed by atoms with E-state index in [1.54, 1.807) is 12.3 Å². The predicted molar refractivity (Wildman–Crippen MR) is 112 cm³/mol. The lowest BCUT2D eigenvalue weighted by Crippen LogP contribution is -2.19. The molecule has 4 nitrogen and oxygen atoms in total. The Morgan fingerprint density at radius 1 is 0.893 bits per heavy atom. The van der Waals surface area contributed by atoms with E-state index in [0.717, 1.165) is 24.1 Å².